The third-order valence-corrected chi connectivity index (χ3v) is 1.37. The highest BCUT2D eigenvalue weighted by Gasteiger charge is 2.00. The van der Waals surface area contributed by atoms with Crippen molar-refractivity contribution in [2.45, 2.75) is 0 Å². The predicted molar refractivity (Wildman–Crippen MR) is 44.6 cm³/mol. The Labute approximate surface area is 73.8 Å². The lowest BCUT2D eigenvalue weighted by Gasteiger charge is -2.01. The van der Waals surface area contributed by atoms with Crippen LogP contribution in [0.1, 0.15) is 0 Å². The monoisotopic (exact) mass is 187 g/mol. The van der Waals surface area contributed by atoms with Crippen molar-refractivity contribution in [3.05, 3.63) is 24.3 Å². The Morgan fingerprint density at radius 3 is 2.92 bits per heavy atom. The highest BCUT2D eigenvalue weighted by atomic mass is 35.5. The molecule has 0 unspecified atom stereocenters. The number of benzene rings is 1. The number of ether oxygens (including phenoxy) is 1. The van der Waals surface area contributed by atoms with E-state index in [1.165, 1.54) is 12.1 Å². The minimum atomic E-state index is -1.35. The van der Waals surface area contributed by atoms with Crippen LogP contribution in [0.2, 0.25) is 0 Å². The Hall–Kier alpha value is -1.42. The van der Waals surface area contributed by atoms with Gasteiger partial charge in [0.2, 0.25) is 0 Å². The number of hydrogen-bond acceptors (Lipinski definition) is 3. The molecule has 1 rings (SSSR count). The lowest BCUT2D eigenvalue weighted by atomic mass is 10.3. The molecule has 0 atom stereocenters. The van der Waals surface area contributed by atoms with Crippen LogP contribution in [0.3, 0.4) is 0 Å². The number of halogens is 1. The maximum atomic E-state index is 10.1. The van der Waals surface area contributed by atoms with Crippen molar-refractivity contribution in [3.8, 4) is 5.75 Å². The molecular weight excluding hydrogens is 182 g/mol. The summed E-state index contributed by atoms with van der Waals surface area (Å²) in [6.07, 6.45) is -1.35. The second-order valence-electron chi connectivity index (χ2n) is 1.99. The average Bonchev–Trinajstić information content (AvgIpc) is 2.03. The minimum Gasteiger partial charge on any atom is -0.449 e. The zero-order valence-electron chi connectivity index (χ0n) is 5.95. The van der Waals surface area contributed by atoms with Crippen molar-refractivity contribution in [3.63, 3.8) is 0 Å². The molecule has 64 valence electrons. The molecule has 5 heteroatoms. The average molecular weight is 188 g/mol. The number of carbonyl (C=O) groups is 1. The molecule has 0 saturated heterocycles. The summed E-state index contributed by atoms with van der Waals surface area (Å²) in [5.74, 6) is 0.230. The summed E-state index contributed by atoms with van der Waals surface area (Å²) >= 11 is 5.28. The van der Waals surface area contributed by atoms with E-state index < -0.39 is 6.16 Å². The van der Waals surface area contributed by atoms with Gasteiger partial charge in [-0.3, -0.25) is 4.84 Å². The summed E-state index contributed by atoms with van der Waals surface area (Å²) in [5.41, 5.74) is 0.579. The van der Waals surface area contributed by atoms with Crippen molar-refractivity contribution in [2.24, 2.45) is 0 Å². The molecule has 0 saturated carbocycles. The topological polar surface area (TPSA) is 58.6 Å². The lowest BCUT2D eigenvalue weighted by Crippen LogP contribution is -2.02. The second-order valence-corrected chi connectivity index (χ2v) is 2.18. The van der Waals surface area contributed by atoms with Crippen LogP contribution in [-0.4, -0.2) is 11.3 Å². The van der Waals surface area contributed by atoms with E-state index in [0.717, 1.165) is 0 Å². The van der Waals surface area contributed by atoms with Gasteiger partial charge in [0.15, 0.2) is 0 Å². The fraction of sp³-hybridized carbons (Fsp3) is 0. The SMILES string of the molecule is O=C(O)Oc1cccc(NCl)c1. The van der Waals surface area contributed by atoms with Gasteiger partial charge in [0.1, 0.15) is 5.75 Å². The van der Waals surface area contributed by atoms with Gasteiger partial charge in [-0.1, -0.05) is 6.07 Å². The van der Waals surface area contributed by atoms with Gasteiger partial charge in [0.05, 0.1) is 5.69 Å². The number of nitrogens with one attached hydrogen (secondary N) is 1. The van der Waals surface area contributed by atoms with E-state index >= 15 is 0 Å². The first-order chi connectivity index (χ1) is 5.72. The predicted octanol–water partition coefficient (Wildman–Crippen LogP) is 2.31. The molecule has 2 N–H and O–H groups in total. The number of carboxylic acid groups (broad SMARTS) is 1. The molecule has 1 aromatic carbocycles. The standard InChI is InChI=1S/C7H6ClNO3/c8-9-5-2-1-3-6(4-5)12-7(10)11/h1-4,9H,(H,10,11). The van der Waals surface area contributed by atoms with Crippen molar-refractivity contribution in [1.82, 2.24) is 0 Å². The van der Waals surface area contributed by atoms with Crippen molar-refractivity contribution in [1.29, 1.82) is 0 Å². The molecule has 4 nitrogen and oxygen atoms in total. The Morgan fingerprint density at radius 2 is 2.33 bits per heavy atom. The zero-order chi connectivity index (χ0) is 8.97. The first-order valence-corrected chi connectivity index (χ1v) is 3.47. The number of anilines is 1. The van der Waals surface area contributed by atoms with Crippen LogP contribution in [0.4, 0.5) is 10.5 Å². The quantitative estimate of drug-likeness (QED) is 0.424. The summed E-state index contributed by atoms with van der Waals surface area (Å²) in [6.45, 7) is 0. The molecule has 0 aliphatic carbocycles. The summed E-state index contributed by atoms with van der Waals surface area (Å²) in [7, 11) is 0. The van der Waals surface area contributed by atoms with E-state index in [9.17, 15) is 4.79 Å². The van der Waals surface area contributed by atoms with Crippen LogP contribution >= 0.6 is 11.8 Å². The highest BCUT2D eigenvalue weighted by molar-refractivity contribution is 6.23. The van der Waals surface area contributed by atoms with Crippen LogP contribution in [0.5, 0.6) is 5.75 Å². The van der Waals surface area contributed by atoms with Crippen molar-refractivity contribution < 1.29 is 14.6 Å². The molecule has 0 aromatic heterocycles. The molecule has 0 aliphatic rings. The third kappa shape index (κ3) is 2.32. The summed E-state index contributed by atoms with van der Waals surface area (Å²) in [4.78, 5) is 12.4. The minimum absolute atomic E-state index is 0.230. The van der Waals surface area contributed by atoms with Gasteiger partial charge in [-0.2, -0.15) is 0 Å². The maximum Gasteiger partial charge on any atom is 0.511 e. The van der Waals surface area contributed by atoms with Gasteiger partial charge in [-0.25, -0.2) is 4.79 Å². The van der Waals surface area contributed by atoms with Crippen LogP contribution in [0.15, 0.2) is 24.3 Å². The van der Waals surface area contributed by atoms with Gasteiger partial charge in [-0.05, 0) is 12.1 Å². The molecule has 0 heterocycles. The van der Waals surface area contributed by atoms with Gasteiger partial charge < -0.3 is 9.84 Å². The molecule has 12 heavy (non-hydrogen) atoms. The lowest BCUT2D eigenvalue weighted by molar-refractivity contribution is 0.144. The van der Waals surface area contributed by atoms with Crippen molar-refractivity contribution >= 4 is 23.6 Å². The summed E-state index contributed by atoms with van der Waals surface area (Å²) < 4.78 is 4.37. The third-order valence-electron chi connectivity index (χ3n) is 1.15. The van der Waals surface area contributed by atoms with Gasteiger partial charge >= 0.3 is 6.16 Å². The van der Waals surface area contributed by atoms with Crippen molar-refractivity contribution in [2.75, 3.05) is 4.84 Å². The molecule has 0 aliphatic heterocycles. The Morgan fingerprint density at radius 1 is 1.58 bits per heavy atom. The number of hydrogen-bond donors (Lipinski definition) is 2. The summed E-state index contributed by atoms with van der Waals surface area (Å²) in [5, 5.41) is 8.25. The van der Waals surface area contributed by atoms with E-state index in [1.54, 1.807) is 12.1 Å². The Kier molecular flexibility index (Phi) is 2.76. The number of rotatable bonds is 2. The first kappa shape index (κ1) is 8.67. The fourth-order valence-corrected chi connectivity index (χ4v) is 0.837. The maximum absolute atomic E-state index is 10.1. The van der Waals surface area contributed by atoms with Crippen LogP contribution < -0.4 is 9.57 Å². The molecule has 0 fully saturated rings. The molecule has 0 radical (unpaired) electrons. The second kappa shape index (κ2) is 3.82. The van der Waals surface area contributed by atoms with Crippen LogP contribution in [-0.2, 0) is 0 Å². The first-order valence-electron chi connectivity index (χ1n) is 3.10. The van der Waals surface area contributed by atoms with E-state index in [0.29, 0.717) is 5.69 Å². The molecular formula is C7H6ClNO3. The van der Waals surface area contributed by atoms with E-state index in [-0.39, 0.29) is 5.75 Å². The molecule has 0 spiro atoms. The molecule has 0 bridgehead atoms. The Balaban J connectivity index is 2.79. The largest absolute Gasteiger partial charge is 0.511 e. The normalized spacial score (nSPS) is 9.08. The van der Waals surface area contributed by atoms with Gasteiger partial charge in [0.25, 0.3) is 0 Å². The Bertz CT molecular complexity index is 290. The van der Waals surface area contributed by atoms with E-state index in [4.69, 9.17) is 16.9 Å². The van der Waals surface area contributed by atoms with E-state index in [1.807, 2.05) is 0 Å². The van der Waals surface area contributed by atoms with Crippen LogP contribution in [0, 0.1) is 0 Å². The summed E-state index contributed by atoms with van der Waals surface area (Å²) in [6, 6.07) is 6.30. The molecule has 1 aromatic rings. The van der Waals surface area contributed by atoms with E-state index in [2.05, 4.69) is 9.57 Å². The highest BCUT2D eigenvalue weighted by Crippen LogP contribution is 2.17. The van der Waals surface area contributed by atoms with Gasteiger partial charge in [0, 0.05) is 17.8 Å². The van der Waals surface area contributed by atoms with Gasteiger partial charge in [-0.15, -0.1) is 0 Å². The smallest absolute Gasteiger partial charge is 0.449 e. The molecule has 0 amide bonds. The fourth-order valence-electron chi connectivity index (χ4n) is 0.719. The zero-order valence-corrected chi connectivity index (χ0v) is 6.71. The van der Waals surface area contributed by atoms with Crippen LogP contribution in [0.25, 0.3) is 0 Å².